The van der Waals surface area contributed by atoms with Crippen molar-refractivity contribution in [2.75, 3.05) is 32.8 Å². The highest BCUT2D eigenvalue weighted by Crippen LogP contribution is 2.33. The zero-order chi connectivity index (χ0) is 11.8. The number of fused-ring (bicyclic) bond motifs is 1. The quantitative estimate of drug-likeness (QED) is 0.695. The van der Waals surface area contributed by atoms with Gasteiger partial charge in [0.05, 0.1) is 0 Å². The molecular weight excluding hydrogens is 220 g/mol. The molecule has 0 spiro atoms. The van der Waals surface area contributed by atoms with E-state index in [1.165, 1.54) is 6.26 Å². The third kappa shape index (κ3) is 1.78. The van der Waals surface area contributed by atoms with Crippen LogP contribution in [0.15, 0.2) is 12.0 Å². The first kappa shape index (κ1) is 10.9. The van der Waals surface area contributed by atoms with Crippen LogP contribution in [-0.4, -0.2) is 49.7 Å². The molecule has 3 rings (SSSR count). The SMILES string of the molecule is CC1C2CNCC2CN1C(=O)C1=COCCO1. The van der Waals surface area contributed by atoms with Crippen molar-refractivity contribution in [3.63, 3.8) is 0 Å². The minimum Gasteiger partial charge on any atom is -0.494 e. The summed E-state index contributed by atoms with van der Waals surface area (Å²) in [5.41, 5.74) is 0. The zero-order valence-electron chi connectivity index (χ0n) is 10.0. The van der Waals surface area contributed by atoms with E-state index in [2.05, 4.69) is 12.2 Å². The molecule has 3 aliphatic rings. The van der Waals surface area contributed by atoms with Crippen LogP contribution in [0.3, 0.4) is 0 Å². The second kappa shape index (κ2) is 4.22. The second-order valence-electron chi connectivity index (χ2n) is 4.98. The molecular formula is C12H18N2O3. The third-order valence-electron chi connectivity index (χ3n) is 4.06. The van der Waals surface area contributed by atoms with E-state index >= 15 is 0 Å². The van der Waals surface area contributed by atoms with Crippen LogP contribution in [0, 0.1) is 11.8 Å². The lowest BCUT2D eigenvalue weighted by Gasteiger charge is -2.26. The molecule has 0 radical (unpaired) electrons. The van der Waals surface area contributed by atoms with E-state index in [0.29, 0.717) is 30.8 Å². The number of ether oxygens (including phenoxy) is 2. The summed E-state index contributed by atoms with van der Waals surface area (Å²) in [5, 5.41) is 3.39. The predicted octanol–water partition coefficient (Wildman–Crippen LogP) is -0.0591. The number of hydrogen-bond donors (Lipinski definition) is 1. The largest absolute Gasteiger partial charge is 0.494 e. The first-order chi connectivity index (χ1) is 8.27. The van der Waals surface area contributed by atoms with Crippen LogP contribution in [0.25, 0.3) is 0 Å². The van der Waals surface area contributed by atoms with E-state index in [0.717, 1.165) is 19.6 Å². The Morgan fingerprint density at radius 3 is 3.06 bits per heavy atom. The summed E-state index contributed by atoms with van der Waals surface area (Å²) in [6, 6.07) is 0.286. The Balaban J connectivity index is 1.72. The van der Waals surface area contributed by atoms with E-state index in [1.54, 1.807) is 0 Å². The Morgan fingerprint density at radius 2 is 2.35 bits per heavy atom. The van der Waals surface area contributed by atoms with Crippen molar-refractivity contribution in [3.8, 4) is 0 Å². The number of nitrogens with zero attached hydrogens (tertiary/aromatic N) is 1. The maximum absolute atomic E-state index is 12.3. The van der Waals surface area contributed by atoms with Crippen LogP contribution in [-0.2, 0) is 14.3 Å². The number of likely N-dealkylation sites (tertiary alicyclic amines) is 1. The van der Waals surface area contributed by atoms with Crippen LogP contribution < -0.4 is 5.32 Å². The summed E-state index contributed by atoms with van der Waals surface area (Å²) in [5.74, 6) is 1.52. The first-order valence-electron chi connectivity index (χ1n) is 6.23. The molecule has 5 heteroatoms. The Hall–Kier alpha value is -1.23. The van der Waals surface area contributed by atoms with Crippen molar-refractivity contribution in [3.05, 3.63) is 12.0 Å². The molecule has 0 aromatic heterocycles. The number of carbonyl (C=O) groups excluding carboxylic acids is 1. The molecule has 3 heterocycles. The fourth-order valence-corrected chi connectivity index (χ4v) is 3.06. The molecule has 0 aliphatic carbocycles. The minimum atomic E-state index is -0.0217. The van der Waals surface area contributed by atoms with Crippen molar-refractivity contribution in [1.82, 2.24) is 10.2 Å². The third-order valence-corrected chi connectivity index (χ3v) is 4.06. The molecule has 17 heavy (non-hydrogen) atoms. The molecule has 1 amide bonds. The smallest absolute Gasteiger partial charge is 0.292 e. The van der Waals surface area contributed by atoms with Gasteiger partial charge in [-0.25, -0.2) is 0 Å². The zero-order valence-corrected chi connectivity index (χ0v) is 10.0. The van der Waals surface area contributed by atoms with Crippen molar-refractivity contribution >= 4 is 5.91 Å². The Kier molecular flexibility index (Phi) is 2.70. The van der Waals surface area contributed by atoms with Crippen LogP contribution in [0.5, 0.6) is 0 Å². The van der Waals surface area contributed by atoms with Crippen molar-refractivity contribution in [2.24, 2.45) is 11.8 Å². The lowest BCUT2D eigenvalue weighted by molar-refractivity contribution is -0.133. The number of hydrogen-bond acceptors (Lipinski definition) is 4. The number of amides is 1. The highest BCUT2D eigenvalue weighted by atomic mass is 16.6. The molecule has 1 N–H and O–H groups in total. The van der Waals surface area contributed by atoms with Gasteiger partial charge in [-0.15, -0.1) is 0 Å². The molecule has 3 unspecified atom stereocenters. The van der Waals surface area contributed by atoms with E-state index in [4.69, 9.17) is 9.47 Å². The van der Waals surface area contributed by atoms with Crippen molar-refractivity contribution < 1.29 is 14.3 Å². The van der Waals surface area contributed by atoms with E-state index in [-0.39, 0.29) is 11.9 Å². The summed E-state index contributed by atoms with van der Waals surface area (Å²) in [6.45, 7) is 6.00. The molecule has 2 saturated heterocycles. The molecule has 3 aliphatic heterocycles. The van der Waals surface area contributed by atoms with Crippen LogP contribution in [0.2, 0.25) is 0 Å². The monoisotopic (exact) mass is 238 g/mol. The van der Waals surface area contributed by atoms with Gasteiger partial charge in [-0.05, 0) is 18.8 Å². The van der Waals surface area contributed by atoms with Gasteiger partial charge in [-0.2, -0.15) is 0 Å². The van der Waals surface area contributed by atoms with Gasteiger partial charge in [-0.3, -0.25) is 4.79 Å². The second-order valence-corrected chi connectivity index (χ2v) is 4.98. The van der Waals surface area contributed by atoms with E-state index < -0.39 is 0 Å². The summed E-state index contributed by atoms with van der Waals surface area (Å²) in [7, 11) is 0. The standard InChI is InChI=1S/C12H18N2O3/c1-8-10-5-13-4-9(10)6-14(8)12(15)11-7-16-2-3-17-11/h7-10,13H,2-6H2,1H3. The van der Waals surface area contributed by atoms with E-state index in [1.807, 2.05) is 4.90 Å². The summed E-state index contributed by atoms with van der Waals surface area (Å²) in [6.07, 6.45) is 1.45. The highest BCUT2D eigenvalue weighted by Gasteiger charge is 2.44. The van der Waals surface area contributed by atoms with Gasteiger partial charge < -0.3 is 19.7 Å². The topological polar surface area (TPSA) is 50.8 Å². The Morgan fingerprint density at radius 1 is 1.47 bits per heavy atom. The molecule has 94 valence electrons. The molecule has 0 saturated carbocycles. The van der Waals surface area contributed by atoms with Gasteiger partial charge in [0, 0.05) is 25.7 Å². The maximum Gasteiger partial charge on any atom is 0.292 e. The normalized spacial score (nSPS) is 35.9. The minimum absolute atomic E-state index is 0.0217. The van der Waals surface area contributed by atoms with Crippen LogP contribution >= 0.6 is 0 Å². The van der Waals surface area contributed by atoms with Crippen molar-refractivity contribution in [2.45, 2.75) is 13.0 Å². The van der Waals surface area contributed by atoms with Crippen molar-refractivity contribution in [1.29, 1.82) is 0 Å². The molecule has 5 nitrogen and oxygen atoms in total. The predicted molar refractivity (Wildman–Crippen MR) is 61.0 cm³/mol. The van der Waals surface area contributed by atoms with E-state index in [9.17, 15) is 4.79 Å². The molecule has 2 fully saturated rings. The summed E-state index contributed by atoms with van der Waals surface area (Å²) in [4.78, 5) is 14.2. The molecule has 0 aromatic carbocycles. The van der Waals surface area contributed by atoms with Gasteiger partial charge in [0.2, 0.25) is 5.76 Å². The average molecular weight is 238 g/mol. The first-order valence-corrected chi connectivity index (χ1v) is 6.23. The number of rotatable bonds is 1. The van der Waals surface area contributed by atoms with Gasteiger partial charge in [0.25, 0.3) is 5.91 Å². The maximum atomic E-state index is 12.3. The Bertz CT molecular complexity index is 356. The molecule has 3 atom stereocenters. The number of carbonyl (C=O) groups is 1. The van der Waals surface area contributed by atoms with Gasteiger partial charge in [0.1, 0.15) is 19.5 Å². The molecule has 0 aromatic rings. The number of nitrogens with one attached hydrogen (secondary N) is 1. The van der Waals surface area contributed by atoms with Gasteiger partial charge in [-0.1, -0.05) is 0 Å². The lowest BCUT2D eigenvalue weighted by atomic mass is 9.95. The average Bonchev–Trinajstić information content (AvgIpc) is 2.93. The van der Waals surface area contributed by atoms with Gasteiger partial charge in [0.15, 0.2) is 0 Å². The Labute approximate surface area is 101 Å². The summed E-state index contributed by atoms with van der Waals surface area (Å²) >= 11 is 0. The highest BCUT2D eigenvalue weighted by molar-refractivity contribution is 5.91. The summed E-state index contributed by atoms with van der Waals surface area (Å²) < 4.78 is 10.5. The van der Waals surface area contributed by atoms with Crippen LogP contribution in [0.1, 0.15) is 6.92 Å². The molecule has 0 bridgehead atoms. The fraction of sp³-hybridized carbons (Fsp3) is 0.750. The van der Waals surface area contributed by atoms with Gasteiger partial charge >= 0.3 is 0 Å². The lowest BCUT2D eigenvalue weighted by Crippen LogP contribution is -2.40. The fourth-order valence-electron chi connectivity index (χ4n) is 3.06. The van der Waals surface area contributed by atoms with Crippen LogP contribution in [0.4, 0.5) is 0 Å².